The Labute approximate surface area is 123 Å². The SMILES string of the molecule is CC(=O)Nc1ccc(-c2nc3cc(C)ccn3c2C)cc1. The lowest BCUT2D eigenvalue weighted by Crippen LogP contribution is -2.05. The number of nitrogens with zero attached hydrogens (tertiary/aromatic N) is 2. The zero-order valence-corrected chi connectivity index (χ0v) is 12.3. The van der Waals surface area contributed by atoms with Crippen LogP contribution < -0.4 is 5.32 Å². The molecule has 1 N–H and O–H groups in total. The van der Waals surface area contributed by atoms with Crippen molar-refractivity contribution in [1.82, 2.24) is 9.38 Å². The number of carbonyl (C=O) groups is 1. The first kappa shape index (κ1) is 13.4. The van der Waals surface area contributed by atoms with Crippen LogP contribution in [0.5, 0.6) is 0 Å². The molecule has 0 radical (unpaired) electrons. The second kappa shape index (κ2) is 5.05. The molecule has 3 aromatic rings. The van der Waals surface area contributed by atoms with Gasteiger partial charge in [-0.15, -0.1) is 0 Å². The average Bonchev–Trinajstić information content (AvgIpc) is 2.75. The molecule has 2 aromatic heterocycles. The maximum absolute atomic E-state index is 11.0. The fraction of sp³-hybridized carbons (Fsp3) is 0.176. The number of hydrogen-bond acceptors (Lipinski definition) is 2. The molecule has 1 amide bonds. The van der Waals surface area contributed by atoms with Crippen LogP contribution in [0.1, 0.15) is 18.2 Å². The van der Waals surface area contributed by atoms with Crippen LogP contribution in [0.3, 0.4) is 0 Å². The normalized spacial score (nSPS) is 10.8. The van der Waals surface area contributed by atoms with Gasteiger partial charge in [0, 0.05) is 30.1 Å². The molecule has 0 aliphatic carbocycles. The van der Waals surface area contributed by atoms with E-state index in [-0.39, 0.29) is 5.91 Å². The summed E-state index contributed by atoms with van der Waals surface area (Å²) >= 11 is 0. The largest absolute Gasteiger partial charge is 0.326 e. The van der Waals surface area contributed by atoms with Crippen LogP contribution in [0, 0.1) is 13.8 Å². The Kier molecular flexibility index (Phi) is 3.22. The third-order valence-corrected chi connectivity index (χ3v) is 3.50. The van der Waals surface area contributed by atoms with Gasteiger partial charge in [0.1, 0.15) is 5.65 Å². The molecule has 21 heavy (non-hydrogen) atoms. The lowest BCUT2D eigenvalue weighted by molar-refractivity contribution is -0.114. The molecule has 0 saturated carbocycles. The lowest BCUT2D eigenvalue weighted by Gasteiger charge is -2.03. The predicted molar refractivity (Wildman–Crippen MR) is 84.4 cm³/mol. The lowest BCUT2D eigenvalue weighted by atomic mass is 10.1. The smallest absolute Gasteiger partial charge is 0.221 e. The van der Waals surface area contributed by atoms with Crippen molar-refractivity contribution in [3.8, 4) is 11.3 Å². The van der Waals surface area contributed by atoms with Crippen molar-refractivity contribution < 1.29 is 4.79 Å². The number of anilines is 1. The van der Waals surface area contributed by atoms with Gasteiger partial charge in [-0.1, -0.05) is 12.1 Å². The summed E-state index contributed by atoms with van der Waals surface area (Å²) in [5.41, 5.74) is 6.06. The number of aryl methyl sites for hydroxylation is 2. The van der Waals surface area contributed by atoms with Crippen molar-refractivity contribution in [3.63, 3.8) is 0 Å². The van der Waals surface area contributed by atoms with E-state index in [9.17, 15) is 4.79 Å². The molecule has 2 heterocycles. The first-order valence-corrected chi connectivity index (χ1v) is 6.88. The van der Waals surface area contributed by atoms with Gasteiger partial charge in [0.2, 0.25) is 5.91 Å². The minimum absolute atomic E-state index is 0.0675. The number of carbonyl (C=O) groups excluding carboxylic acids is 1. The fourth-order valence-electron chi connectivity index (χ4n) is 2.46. The summed E-state index contributed by atoms with van der Waals surface area (Å²) in [5.74, 6) is -0.0675. The van der Waals surface area contributed by atoms with Gasteiger partial charge in [0.05, 0.1) is 5.69 Å². The van der Waals surface area contributed by atoms with Crippen LogP contribution in [-0.4, -0.2) is 15.3 Å². The van der Waals surface area contributed by atoms with Gasteiger partial charge in [-0.05, 0) is 43.7 Å². The number of rotatable bonds is 2. The minimum Gasteiger partial charge on any atom is -0.326 e. The highest BCUT2D eigenvalue weighted by Gasteiger charge is 2.10. The molecule has 0 fully saturated rings. The third kappa shape index (κ3) is 2.52. The minimum atomic E-state index is -0.0675. The monoisotopic (exact) mass is 279 g/mol. The quantitative estimate of drug-likeness (QED) is 0.779. The number of hydrogen-bond donors (Lipinski definition) is 1. The topological polar surface area (TPSA) is 46.4 Å². The number of pyridine rings is 1. The Hall–Kier alpha value is -2.62. The number of aromatic nitrogens is 2. The Balaban J connectivity index is 2.03. The van der Waals surface area contributed by atoms with Crippen molar-refractivity contribution in [3.05, 3.63) is 53.9 Å². The average molecular weight is 279 g/mol. The van der Waals surface area contributed by atoms with Crippen molar-refractivity contribution >= 4 is 17.2 Å². The zero-order valence-electron chi connectivity index (χ0n) is 12.3. The van der Waals surface area contributed by atoms with Crippen LogP contribution >= 0.6 is 0 Å². The van der Waals surface area contributed by atoms with Crippen molar-refractivity contribution in [1.29, 1.82) is 0 Å². The van der Waals surface area contributed by atoms with Gasteiger partial charge < -0.3 is 9.72 Å². The fourth-order valence-corrected chi connectivity index (χ4v) is 2.46. The molecule has 3 rings (SSSR count). The summed E-state index contributed by atoms with van der Waals surface area (Å²) in [6.07, 6.45) is 2.04. The molecule has 106 valence electrons. The molecule has 0 aliphatic heterocycles. The molecular weight excluding hydrogens is 262 g/mol. The summed E-state index contributed by atoms with van der Waals surface area (Å²) in [7, 11) is 0. The summed E-state index contributed by atoms with van der Waals surface area (Å²) in [5, 5.41) is 2.77. The van der Waals surface area contributed by atoms with Crippen LogP contribution in [0.4, 0.5) is 5.69 Å². The van der Waals surface area contributed by atoms with Crippen molar-refractivity contribution in [2.45, 2.75) is 20.8 Å². The molecule has 0 saturated heterocycles. The molecule has 0 aliphatic rings. The molecule has 0 unspecified atom stereocenters. The highest BCUT2D eigenvalue weighted by atomic mass is 16.1. The van der Waals surface area contributed by atoms with Gasteiger partial charge in [-0.2, -0.15) is 0 Å². The number of fused-ring (bicyclic) bond motifs is 1. The maximum Gasteiger partial charge on any atom is 0.221 e. The second-order valence-electron chi connectivity index (χ2n) is 5.24. The molecular formula is C17H17N3O. The van der Waals surface area contributed by atoms with Crippen LogP contribution in [-0.2, 0) is 4.79 Å². The van der Waals surface area contributed by atoms with E-state index in [0.29, 0.717) is 0 Å². The molecule has 0 bridgehead atoms. The van der Waals surface area contributed by atoms with Crippen molar-refractivity contribution in [2.75, 3.05) is 5.32 Å². The number of imidazole rings is 1. The van der Waals surface area contributed by atoms with Crippen LogP contribution in [0.25, 0.3) is 16.9 Å². The van der Waals surface area contributed by atoms with E-state index in [0.717, 1.165) is 28.3 Å². The highest BCUT2D eigenvalue weighted by Crippen LogP contribution is 2.25. The van der Waals surface area contributed by atoms with Gasteiger partial charge in [-0.3, -0.25) is 4.79 Å². The second-order valence-corrected chi connectivity index (χ2v) is 5.24. The van der Waals surface area contributed by atoms with E-state index in [1.165, 1.54) is 12.5 Å². The maximum atomic E-state index is 11.0. The number of amides is 1. The van der Waals surface area contributed by atoms with E-state index in [4.69, 9.17) is 4.98 Å². The van der Waals surface area contributed by atoms with E-state index >= 15 is 0 Å². The van der Waals surface area contributed by atoms with Crippen LogP contribution in [0.2, 0.25) is 0 Å². The molecule has 0 spiro atoms. The molecule has 0 atom stereocenters. The highest BCUT2D eigenvalue weighted by molar-refractivity contribution is 5.89. The standard InChI is InChI=1S/C17H17N3O/c1-11-8-9-20-12(2)17(19-16(20)10-11)14-4-6-15(7-5-14)18-13(3)21/h4-10H,1-3H3,(H,18,21). The van der Waals surface area contributed by atoms with E-state index in [1.54, 1.807) is 0 Å². The predicted octanol–water partition coefficient (Wildman–Crippen LogP) is 3.58. The summed E-state index contributed by atoms with van der Waals surface area (Å²) in [6.45, 7) is 5.63. The summed E-state index contributed by atoms with van der Waals surface area (Å²) in [4.78, 5) is 15.8. The Morgan fingerprint density at radius 3 is 2.52 bits per heavy atom. The number of nitrogens with one attached hydrogen (secondary N) is 1. The van der Waals surface area contributed by atoms with Crippen molar-refractivity contribution in [2.24, 2.45) is 0 Å². The Morgan fingerprint density at radius 1 is 1.14 bits per heavy atom. The Morgan fingerprint density at radius 2 is 1.86 bits per heavy atom. The Bertz CT molecular complexity index is 816. The third-order valence-electron chi connectivity index (χ3n) is 3.50. The van der Waals surface area contributed by atoms with E-state index < -0.39 is 0 Å². The van der Waals surface area contributed by atoms with Gasteiger partial charge in [0.15, 0.2) is 0 Å². The van der Waals surface area contributed by atoms with E-state index in [2.05, 4.69) is 35.7 Å². The van der Waals surface area contributed by atoms with Gasteiger partial charge in [0.25, 0.3) is 0 Å². The van der Waals surface area contributed by atoms with Crippen LogP contribution in [0.15, 0.2) is 42.6 Å². The molecule has 4 heteroatoms. The molecule has 1 aromatic carbocycles. The van der Waals surface area contributed by atoms with E-state index in [1.807, 2.05) is 30.5 Å². The van der Waals surface area contributed by atoms with Gasteiger partial charge in [-0.25, -0.2) is 4.98 Å². The summed E-state index contributed by atoms with van der Waals surface area (Å²) in [6, 6.07) is 11.9. The summed E-state index contributed by atoms with van der Waals surface area (Å²) < 4.78 is 2.09. The molecule has 4 nitrogen and oxygen atoms in total. The zero-order chi connectivity index (χ0) is 15.0. The number of benzene rings is 1. The van der Waals surface area contributed by atoms with Gasteiger partial charge >= 0.3 is 0 Å². The first-order chi connectivity index (χ1) is 10.0. The first-order valence-electron chi connectivity index (χ1n) is 6.88.